The summed E-state index contributed by atoms with van der Waals surface area (Å²) in [4.78, 5) is 26.0. The minimum atomic E-state index is -3.75. The van der Waals surface area contributed by atoms with Crippen LogP contribution in [-0.2, 0) is 30.9 Å². The topological polar surface area (TPSA) is 107 Å². The first-order chi connectivity index (χ1) is 11.7. The normalized spacial score (nSPS) is 16.0. The van der Waals surface area contributed by atoms with Crippen molar-refractivity contribution in [2.24, 2.45) is 17.0 Å². The summed E-state index contributed by atoms with van der Waals surface area (Å²) in [7, 11) is -2.43. The smallest absolute Gasteiger partial charge is 0.310 e. The van der Waals surface area contributed by atoms with E-state index in [2.05, 4.69) is 0 Å². The third-order valence-corrected chi connectivity index (χ3v) is 5.42. The van der Waals surface area contributed by atoms with Crippen molar-refractivity contribution in [2.75, 3.05) is 13.7 Å². The maximum absolute atomic E-state index is 12.7. The number of nitrogens with two attached hydrogens (primary N) is 1. The highest BCUT2D eigenvalue weighted by atomic mass is 32.2. The number of hydrogen-bond acceptors (Lipinski definition) is 5. The summed E-state index contributed by atoms with van der Waals surface area (Å²) in [6.07, 6.45) is 2.78. The number of rotatable bonds is 7. The summed E-state index contributed by atoms with van der Waals surface area (Å²) in [6, 6.07) is 6.09. The molecule has 0 spiro atoms. The van der Waals surface area contributed by atoms with Crippen molar-refractivity contribution in [3.8, 4) is 0 Å². The summed E-state index contributed by atoms with van der Waals surface area (Å²) in [5.41, 5.74) is 0.775. The van der Waals surface area contributed by atoms with Gasteiger partial charge in [-0.25, -0.2) is 13.6 Å². The third kappa shape index (κ3) is 5.02. The molecule has 1 fully saturated rings. The second-order valence-electron chi connectivity index (χ2n) is 6.46. The minimum absolute atomic E-state index is 0.00791. The van der Waals surface area contributed by atoms with Crippen LogP contribution in [0.1, 0.15) is 31.7 Å². The van der Waals surface area contributed by atoms with Crippen LogP contribution in [0.25, 0.3) is 0 Å². The van der Waals surface area contributed by atoms with Crippen molar-refractivity contribution >= 4 is 21.9 Å². The molecule has 8 heteroatoms. The van der Waals surface area contributed by atoms with Gasteiger partial charge in [-0.15, -0.1) is 0 Å². The first-order valence-electron chi connectivity index (χ1n) is 8.20. The zero-order valence-corrected chi connectivity index (χ0v) is 15.3. The minimum Gasteiger partial charge on any atom is -0.469 e. The van der Waals surface area contributed by atoms with Crippen molar-refractivity contribution in [3.63, 3.8) is 0 Å². The zero-order valence-electron chi connectivity index (χ0n) is 14.5. The molecule has 0 radical (unpaired) electrons. The average molecular weight is 368 g/mol. The van der Waals surface area contributed by atoms with Crippen molar-refractivity contribution in [1.29, 1.82) is 0 Å². The lowest BCUT2D eigenvalue weighted by molar-refractivity contribution is -0.147. The van der Waals surface area contributed by atoms with Gasteiger partial charge in [0.25, 0.3) is 0 Å². The molecule has 0 saturated heterocycles. The Morgan fingerprint density at radius 2 is 1.88 bits per heavy atom. The van der Waals surface area contributed by atoms with Crippen LogP contribution >= 0.6 is 0 Å². The molecule has 1 aromatic carbocycles. The number of amides is 1. The van der Waals surface area contributed by atoms with E-state index < -0.39 is 15.9 Å². The number of ether oxygens (including phenoxy) is 1. The van der Waals surface area contributed by atoms with Gasteiger partial charge in [0.1, 0.15) is 0 Å². The highest BCUT2D eigenvalue weighted by molar-refractivity contribution is 7.89. The number of sulfonamides is 1. The van der Waals surface area contributed by atoms with Gasteiger partial charge in [0.05, 0.1) is 17.9 Å². The van der Waals surface area contributed by atoms with Crippen LogP contribution in [0.5, 0.6) is 0 Å². The SMILES string of the molecule is COC(=O)C(C)CN(Cc1ccc(S(N)(=O)=O)cc1)C(=O)C1CCC1. The fraction of sp³-hybridized carbons (Fsp3) is 0.529. The van der Waals surface area contributed by atoms with E-state index in [0.29, 0.717) is 6.54 Å². The van der Waals surface area contributed by atoms with Gasteiger partial charge in [-0.1, -0.05) is 25.5 Å². The number of primary sulfonamides is 1. The van der Waals surface area contributed by atoms with Gasteiger partial charge in [0.15, 0.2) is 0 Å². The molecule has 1 atom stereocenters. The molecule has 1 unspecified atom stereocenters. The third-order valence-electron chi connectivity index (χ3n) is 4.49. The average Bonchev–Trinajstić information content (AvgIpc) is 2.51. The fourth-order valence-electron chi connectivity index (χ4n) is 2.76. The van der Waals surface area contributed by atoms with E-state index in [9.17, 15) is 18.0 Å². The predicted octanol–water partition coefficient (Wildman–Crippen LogP) is 1.27. The van der Waals surface area contributed by atoms with E-state index in [1.54, 1.807) is 24.0 Å². The lowest BCUT2D eigenvalue weighted by atomic mass is 9.84. The quantitative estimate of drug-likeness (QED) is 0.730. The van der Waals surface area contributed by atoms with Crippen molar-refractivity contribution in [3.05, 3.63) is 29.8 Å². The maximum Gasteiger partial charge on any atom is 0.310 e. The van der Waals surface area contributed by atoms with Crippen LogP contribution in [0.4, 0.5) is 0 Å². The van der Waals surface area contributed by atoms with Gasteiger partial charge in [-0.2, -0.15) is 0 Å². The monoisotopic (exact) mass is 368 g/mol. The molecule has 1 aromatic rings. The number of carbonyl (C=O) groups is 2. The van der Waals surface area contributed by atoms with Gasteiger partial charge in [0, 0.05) is 19.0 Å². The summed E-state index contributed by atoms with van der Waals surface area (Å²) in [6.45, 7) is 2.29. The van der Waals surface area contributed by atoms with E-state index >= 15 is 0 Å². The molecule has 1 saturated carbocycles. The molecule has 7 nitrogen and oxygen atoms in total. The number of methoxy groups -OCH3 is 1. The van der Waals surface area contributed by atoms with Crippen LogP contribution in [0.15, 0.2) is 29.2 Å². The molecule has 1 aliphatic rings. The first-order valence-corrected chi connectivity index (χ1v) is 9.75. The van der Waals surface area contributed by atoms with E-state index in [1.807, 2.05) is 0 Å². The van der Waals surface area contributed by atoms with E-state index in [-0.39, 0.29) is 29.2 Å². The number of esters is 1. The maximum atomic E-state index is 12.7. The van der Waals surface area contributed by atoms with Crippen LogP contribution in [0, 0.1) is 11.8 Å². The van der Waals surface area contributed by atoms with Gasteiger partial charge in [0.2, 0.25) is 15.9 Å². The molecule has 2 rings (SSSR count). The van der Waals surface area contributed by atoms with Crippen LogP contribution in [0.2, 0.25) is 0 Å². The Labute approximate surface area is 148 Å². The summed E-state index contributed by atoms with van der Waals surface area (Å²) in [5.74, 6) is -0.764. The number of nitrogens with zero attached hydrogens (tertiary/aromatic N) is 1. The Morgan fingerprint density at radius 3 is 2.32 bits per heavy atom. The fourth-order valence-corrected chi connectivity index (χ4v) is 3.27. The summed E-state index contributed by atoms with van der Waals surface area (Å²) in [5, 5.41) is 5.09. The molecule has 25 heavy (non-hydrogen) atoms. The standard InChI is InChI=1S/C17H24N2O5S/c1-12(17(21)24-2)10-19(16(20)14-4-3-5-14)11-13-6-8-15(9-7-13)25(18,22)23/h6-9,12,14H,3-5,10-11H2,1-2H3,(H2,18,22,23). The lowest BCUT2D eigenvalue weighted by Gasteiger charge is -2.33. The molecule has 0 aliphatic heterocycles. The second kappa shape index (κ2) is 7.97. The number of carbonyl (C=O) groups excluding carboxylic acids is 2. The van der Waals surface area contributed by atoms with Crippen molar-refractivity contribution in [2.45, 2.75) is 37.6 Å². The van der Waals surface area contributed by atoms with Gasteiger partial charge >= 0.3 is 5.97 Å². The van der Waals surface area contributed by atoms with Crippen molar-refractivity contribution in [1.82, 2.24) is 4.90 Å². The highest BCUT2D eigenvalue weighted by Crippen LogP contribution is 2.29. The summed E-state index contributed by atoms with van der Waals surface area (Å²) < 4.78 is 27.4. The van der Waals surface area contributed by atoms with Crippen LogP contribution in [0.3, 0.4) is 0 Å². The largest absolute Gasteiger partial charge is 0.469 e. The summed E-state index contributed by atoms with van der Waals surface area (Å²) >= 11 is 0. The van der Waals surface area contributed by atoms with Crippen LogP contribution in [-0.4, -0.2) is 38.8 Å². The molecule has 0 heterocycles. The van der Waals surface area contributed by atoms with E-state index in [0.717, 1.165) is 24.8 Å². The molecular formula is C17H24N2O5S. The molecular weight excluding hydrogens is 344 g/mol. The Kier molecular flexibility index (Phi) is 6.18. The van der Waals surface area contributed by atoms with Gasteiger partial charge in [-0.3, -0.25) is 9.59 Å². The number of hydrogen-bond donors (Lipinski definition) is 1. The van der Waals surface area contributed by atoms with Crippen molar-refractivity contribution < 1.29 is 22.7 Å². The Bertz CT molecular complexity index is 726. The molecule has 1 aliphatic carbocycles. The predicted molar refractivity (Wildman–Crippen MR) is 91.8 cm³/mol. The van der Waals surface area contributed by atoms with E-state index in [4.69, 9.17) is 9.88 Å². The van der Waals surface area contributed by atoms with Gasteiger partial charge < -0.3 is 9.64 Å². The Morgan fingerprint density at radius 1 is 1.28 bits per heavy atom. The Balaban J connectivity index is 2.14. The molecule has 0 aromatic heterocycles. The highest BCUT2D eigenvalue weighted by Gasteiger charge is 2.31. The number of benzene rings is 1. The first kappa shape index (κ1) is 19.4. The van der Waals surface area contributed by atoms with Gasteiger partial charge in [-0.05, 0) is 30.5 Å². The lowest BCUT2D eigenvalue weighted by Crippen LogP contribution is -2.42. The Hall–Kier alpha value is -1.93. The van der Waals surface area contributed by atoms with E-state index in [1.165, 1.54) is 19.2 Å². The zero-order chi connectivity index (χ0) is 18.6. The molecule has 1 amide bonds. The van der Waals surface area contributed by atoms with Crippen LogP contribution < -0.4 is 5.14 Å². The molecule has 2 N–H and O–H groups in total. The second-order valence-corrected chi connectivity index (χ2v) is 8.02. The molecule has 0 bridgehead atoms. The molecule has 138 valence electrons.